The summed E-state index contributed by atoms with van der Waals surface area (Å²) in [5, 5.41) is -0.101. The number of nitrogens with zero attached hydrogens (tertiary/aromatic N) is 3. The summed E-state index contributed by atoms with van der Waals surface area (Å²) in [5.74, 6) is 2.33. The second kappa shape index (κ2) is 9.42. The third kappa shape index (κ3) is 4.93. The number of rotatable bonds is 7. The number of amides is 1. The molecule has 2 unspecified atom stereocenters. The maximum Gasteiger partial charge on any atom is 0.228 e. The van der Waals surface area contributed by atoms with Crippen LogP contribution in [0.1, 0.15) is 84.0 Å². The molecule has 5 aliphatic rings. The van der Waals surface area contributed by atoms with E-state index in [1.807, 2.05) is 7.05 Å². The van der Waals surface area contributed by atoms with E-state index in [1.165, 1.54) is 37.8 Å². The zero-order valence-electron chi connectivity index (χ0n) is 21.4. The Hall–Kier alpha value is -1.08. The molecule has 0 bridgehead atoms. The first-order valence-electron chi connectivity index (χ1n) is 13.9. The maximum absolute atomic E-state index is 12.7. The molecule has 34 heavy (non-hydrogen) atoms. The SMILES string of the molecule is C=C(C1CCC(C2CCCC(N(C)S(=O)(=O)C3CC3)C2)CC1)N1CCN(C(=O)C2(C)CC2)CC1. The average molecular weight is 492 g/mol. The predicted octanol–water partition coefficient (Wildman–Crippen LogP) is 4.23. The smallest absolute Gasteiger partial charge is 0.228 e. The largest absolute Gasteiger partial charge is 0.372 e. The predicted molar refractivity (Wildman–Crippen MR) is 136 cm³/mol. The van der Waals surface area contributed by atoms with Crippen LogP contribution in [0.4, 0.5) is 0 Å². The molecule has 0 aromatic heterocycles. The highest BCUT2D eigenvalue weighted by Gasteiger charge is 2.47. The molecule has 1 aliphatic heterocycles. The molecular formula is C27H45N3O3S. The Morgan fingerprint density at radius 3 is 2.09 bits per heavy atom. The van der Waals surface area contributed by atoms with Crippen molar-refractivity contribution in [2.45, 2.75) is 95.3 Å². The number of allylic oxidation sites excluding steroid dienone is 1. The highest BCUT2D eigenvalue weighted by molar-refractivity contribution is 7.90. The summed E-state index contributed by atoms with van der Waals surface area (Å²) >= 11 is 0. The van der Waals surface area contributed by atoms with Gasteiger partial charge in [0, 0.05) is 50.4 Å². The van der Waals surface area contributed by atoms with Crippen molar-refractivity contribution in [3.8, 4) is 0 Å². The van der Waals surface area contributed by atoms with Crippen LogP contribution < -0.4 is 0 Å². The molecule has 4 aliphatic carbocycles. The molecule has 0 aromatic rings. The molecule has 7 heteroatoms. The molecule has 0 spiro atoms. The van der Waals surface area contributed by atoms with Crippen LogP contribution in [0.5, 0.6) is 0 Å². The Kier molecular flexibility index (Phi) is 6.82. The lowest BCUT2D eigenvalue weighted by Crippen LogP contribution is -2.50. The lowest BCUT2D eigenvalue weighted by atomic mass is 9.69. The monoisotopic (exact) mass is 491 g/mol. The molecule has 0 N–H and O–H groups in total. The molecule has 2 atom stereocenters. The number of carbonyl (C=O) groups is 1. The van der Waals surface area contributed by atoms with Gasteiger partial charge in [-0.1, -0.05) is 26.3 Å². The van der Waals surface area contributed by atoms with Crippen molar-refractivity contribution in [1.82, 2.24) is 14.1 Å². The van der Waals surface area contributed by atoms with Crippen LogP contribution in [-0.4, -0.2) is 72.9 Å². The molecule has 1 amide bonds. The van der Waals surface area contributed by atoms with Crippen molar-refractivity contribution in [2.75, 3.05) is 33.2 Å². The van der Waals surface area contributed by atoms with E-state index in [2.05, 4.69) is 23.3 Å². The van der Waals surface area contributed by atoms with E-state index >= 15 is 0 Å². The van der Waals surface area contributed by atoms with E-state index in [-0.39, 0.29) is 16.7 Å². The number of sulfonamides is 1. The van der Waals surface area contributed by atoms with Crippen molar-refractivity contribution in [3.63, 3.8) is 0 Å². The molecule has 192 valence electrons. The van der Waals surface area contributed by atoms with Crippen molar-refractivity contribution < 1.29 is 13.2 Å². The highest BCUT2D eigenvalue weighted by Crippen LogP contribution is 2.47. The summed E-state index contributed by atoms with van der Waals surface area (Å²) in [7, 11) is -1.24. The summed E-state index contributed by atoms with van der Waals surface area (Å²) in [6.45, 7) is 10.1. The molecule has 5 fully saturated rings. The number of hydrogen-bond acceptors (Lipinski definition) is 4. The highest BCUT2D eigenvalue weighted by atomic mass is 32.2. The Morgan fingerprint density at radius 1 is 0.882 bits per heavy atom. The van der Waals surface area contributed by atoms with E-state index in [4.69, 9.17) is 0 Å². The van der Waals surface area contributed by atoms with Gasteiger partial charge in [0.25, 0.3) is 0 Å². The van der Waals surface area contributed by atoms with Gasteiger partial charge in [0.1, 0.15) is 0 Å². The molecule has 4 saturated carbocycles. The van der Waals surface area contributed by atoms with Gasteiger partial charge in [0.05, 0.1) is 5.25 Å². The number of carbonyl (C=O) groups excluding carboxylic acids is 1. The minimum Gasteiger partial charge on any atom is -0.372 e. The van der Waals surface area contributed by atoms with E-state index in [9.17, 15) is 13.2 Å². The molecule has 1 saturated heterocycles. The second-order valence-electron chi connectivity index (χ2n) is 12.3. The van der Waals surface area contributed by atoms with Crippen molar-refractivity contribution >= 4 is 15.9 Å². The Morgan fingerprint density at radius 2 is 1.50 bits per heavy atom. The fraction of sp³-hybridized carbons (Fsp3) is 0.889. The lowest BCUT2D eigenvalue weighted by Gasteiger charge is -2.43. The Balaban J connectivity index is 1.08. The number of hydrogen-bond donors (Lipinski definition) is 0. The zero-order chi connectivity index (χ0) is 24.1. The molecule has 6 nitrogen and oxygen atoms in total. The topological polar surface area (TPSA) is 60.9 Å². The van der Waals surface area contributed by atoms with Gasteiger partial charge in [-0.25, -0.2) is 12.7 Å². The van der Waals surface area contributed by atoms with Crippen LogP contribution in [0, 0.1) is 23.2 Å². The normalized spacial score (nSPS) is 34.2. The van der Waals surface area contributed by atoms with Crippen LogP contribution in [0.3, 0.4) is 0 Å². The van der Waals surface area contributed by atoms with Crippen LogP contribution in [-0.2, 0) is 14.8 Å². The first-order chi connectivity index (χ1) is 16.2. The Labute approximate surface area is 207 Å². The quantitative estimate of drug-likeness (QED) is 0.535. The molecule has 5 rings (SSSR count). The first kappa shape index (κ1) is 24.6. The van der Waals surface area contributed by atoms with Gasteiger partial charge < -0.3 is 9.80 Å². The van der Waals surface area contributed by atoms with Crippen LogP contribution in [0.2, 0.25) is 0 Å². The second-order valence-corrected chi connectivity index (χ2v) is 14.6. The van der Waals surface area contributed by atoms with Crippen molar-refractivity contribution in [1.29, 1.82) is 0 Å². The van der Waals surface area contributed by atoms with Gasteiger partial charge in [0.15, 0.2) is 0 Å². The Bertz CT molecular complexity index is 879. The van der Waals surface area contributed by atoms with Crippen molar-refractivity contribution in [2.24, 2.45) is 23.2 Å². The molecule has 0 aromatic carbocycles. The third-order valence-electron chi connectivity index (χ3n) is 9.95. The standard InChI is InChI=1S/C27H45N3O3S/c1-20(29-15-17-30(18-16-29)26(31)27(2)13-14-27)21-7-9-22(10-8-21)23-5-4-6-24(19-23)28(3)34(32,33)25-11-12-25/h21-25H,1,4-19H2,2-3H3. The van der Waals surface area contributed by atoms with Gasteiger partial charge in [-0.2, -0.15) is 0 Å². The fourth-order valence-corrected chi connectivity index (χ4v) is 8.74. The molecule has 0 radical (unpaired) electrons. The van der Waals surface area contributed by atoms with E-state index < -0.39 is 10.0 Å². The summed E-state index contributed by atoms with van der Waals surface area (Å²) < 4.78 is 27.2. The van der Waals surface area contributed by atoms with Crippen LogP contribution in [0.25, 0.3) is 0 Å². The minimum absolute atomic E-state index is 0.0629. The van der Waals surface area contributed by atoms with Gasteiger partial charge in [-0.15, -0.1) is 0 Å². The number of piperazine rings is 1. The van der Waals surface area contributed by atoms with E-state index in [1.54, 1.807) is 4.31 Å². The van der Waals surface area contributed by atoms with E-state index in [0.717, 1.165) is 77.0 Å². The minimum atomic E-state index is -3.07. The lowest BCUT2D eigenvalue weighted by molar-refractivity contribution is -0.138. The first-order valence-corrected chi connectivity index (χ1v) is 15.4. The molecule has 1 heterocycles. The van der Waals surface area contributed by atoms with E-state index in [0.29, 0.717) is 17.7 Å². The fourth-order valence-electron chi connectivity index (χ4n) is 6.93. The summed E-state index contributed by atoms with van der Waals surface area (Å²) in [5.41, 5.74) is 1.23. The third-order valence-corrected chi connectivity index (χ3v) is 12.4. The zero-order valence-corrected chi connectivity index (χ0v) is 22.2. The van der Waals surface area contributed by atoms with Crippen LogP contribution in [0.15, 0.2) is 12.3 Å². The summed E-state index contributed by atoms with van der Waals surface area (Å²) in [6, 6.07) is 0.203. The van der Waals surface area contributed by atoms with Crippen molar-refractivity contribution in [3.05, 3.63) is 12.3 Å². The van der Waals surface area contributed by atoms with Crippen LogP contribution >= 0.6 is 0 Å². The van der Waals surface area contributed by atoms with Gasteiger partial charge in [-0.3, -0.25) is 4.79 Å². The van der Waals surface area contributed by atoms with Gasteiger partial charge in [-0.05, 0) is 82.0 Å². The average Bonchev–Trinajstić information content (AvgIpc) is 3.79. The summed E-state index contributed by atoms with van der Waals surface area (Å²) in [4.78, 5) is 17.2. The van der Waals surface area contributed by atoms with Gasteiger partial charge in [0.2, 0.25) is 15.9 Å². The summed E-state index contributed by atoms with van der Waals surface area (Å²) in [6.07, 6.45) is 13.2. The maximum atomic E-state index is 12.7. The van der Waals surface area contributed by atoms with Gasteiger partial charge >= 0.3 is 0 Å². The molecular weight excluding hydrogens is 446 g/mol.